The molecule has 5 rings (SSSR count). The van der Waals surface area contributed by atoms with Gasteiger partial charge in [0.15, 0.2) is 4.80 Å². The molecule has 0 saturated heterocycles. The SMILES string of the molecule is COc1ccc(-c2ccc(/C=c3/sc4n(c3=O)C(c3ccc(Cl)cc3)C(C(=O)OC(C)C)=C(C)N=4)o2)c([N+](=O)[O-])c1. The predicted octanol–water partition coefficient (Wildman–Crippen LogP) is 5.02. The highest BCUT2D eigenvalue weighted by Crippen LogP contribution is 2.35. The summed E-state index contributed by atoms with van der Waals surface area (Å²) < 4.78 is 18.3. The van der Waals surface area contributed by atoms with Crippen molar-refractivity contribution in [2.45, 2.75) is 32.9 Å². The second-order valence-corrected chi connectivity index (χ2v) is 10.9. The van der Waals surface area contributed by atoms with Gasteiger partial charge in [-0.25, -0.2) is 9.79 Å². The van der Waals surface area contributed by atoms with E-state index in [0.717, 1.165) is 11.3 Å². The number of aromatic nitrogens is 1. The second-order valence-electron chi connectivity index (χ2n) is 9.43. The summed E-state index contributed by atoms with van der Waals surface area (Å²) in [6.45, 7) is 5.20. The third-order valence-corrected chi connectivity index (χ3v) is 7.57. The second kappa shape index (κ2) is 11.2. The quantitative estimate of drug-likeness (QED) is 0.167. The molecule has 0 N–H and O–H groups in total. The maximum atomic E-state index is 13.8. The molecule has 0 amide bonds. The molecule has 2 aromatic carbocycles. The Morgan fingerprint density at radius 2 is 1.93 bits per heavy atom. The molecule has 0 fully saturated rings. The van der Waals surface area contributed by atoms with Gasteiger partial charge < -0.3 is 13.9 Å². The van der Waals surface area contributed by atoms with Gasteiger partial charge in [-0.1, -0.05) is 35.1 Å². The largest absolute Gasteiger partial charge is 0.497 e. The number of methoxy groups -OCH3 is 1. The zero-order valence-electron chi connectivity index (χ0n) is 22.4. The monoisotopic (exact) mass is 593 g/mol. The van der Waals surface area contributed by atoms with Crippen molar-refractivity contribution in [3.63, 3.8) is 0 Å². The van der Waals surface area contributed by atoms with E-state index in [0.29, 0.717) is 37.1 Å². The summed E-state index contributed by atoms with van der Waals surface area (Å²) in [6.07, 6.45) is 1.18. The van der Waals surface area contributed by atoms with Gasteiger partial charge in [-0.15, -0.1) is 0 Å². The van der Waals surface area contributed by atoms with E-state index >= 15 is 0 Å². The number of hydrogen-bond donors (Lipinski definition) is 0. The number of benzene rings is 2. The fourth-order valence-corrected chi connectivity index (χ4v) is 5.68. The number of hydrogen-bond acceptors (Lipinski definition) is 9. The first-order valence-corrected chi connectivity index (χ1v) is 13.7. The fraction of sp³-hybridized carbons (Fsp3) is 0.207. The topological polar surface area (TPSA) is 126 Å². The number of nitro benzene ring substituents is 1. The number of nitrogens with zero attached hydrogens (tertiary/aromatic N) is 3. The molecule has 1 atom stereocenters. The molecule has 2 aromatic heterocycles. The van der Waals surface area contributed by atoms with Crippen molar-refractivity contribution in [3.8, 4) is 17.1 Å². The number of esters is 1. The number of ether oxygens (including phenoxy) is 2. The van der Waals surface area contributed by atoms with E-state index in [4.69, 9.17) is 25.5 Å². The van der Waals surface area contributed by atoms with Gasteiger partial charge in [0.1, 0.15) is 17.3 Å². The van der Waals surface area contributed by atoms with Gasteiger partial charge in [0.2, 0.25) is 0 Å². The van der Waals surface area contributed by atoms with Crippen LogP contribution in [0.3, 0.4) is 0 Å². The van der Waals surface area contributed by atoms with Gasteiger partial charge in [0, 0.05) is 11.1 Å². The first-order valence-electron chi connectivity index (χ1n) is 12.5. The molecule has 3 heterocycles. The van der Waals surface area contributed by atoms with E-state index in [1.54, 1.807) is 75.4 Å². The number of fused-ring (bicyclic) bond motifs is 1. The Balaban J connectivity index is 1.62. The van der Waals surface area contributed by atoms with Crippen molar-refractivity contribution in [2.75, 3.05) is 7.11 Å². The van der Waals surface area contributed by atoms with Crippen molar-refractivity contribution in [1.82, 2.24) is 4.57 Å². The molecule has 1 aliphatic rings. The van der Waals surface area contributed by atoms with Crippen LogP contribution in [0.25, 0.3) is 17.4 Å². The highest BCUT2D eigenvalue weighted by atomic mass is 35.5. The molecule has 0 bridgehead atoms. The van der Waals surface area contributed by atoms with Crippen molar-refractivity contribution in [1.29, 1.82) is 0 Å². The summed E-state index contributed by atoms with van der Waals surface area (Å²) in [5.41, 5.74) is 1.07. The maximum Gasteiger partial charge on any atom is 0.338 e. The van der Waals surface area contributed by atoms with E-state index in [9.17, 15) is 19.7 Å². The van der Waals surface area contributed by atoms with Crippen LogP contribution in [0.2, 0.25) is 5.02 Å². The van der Waals surface area contributed by atoms with E-state index in [2.05, 4.69) is 4.99 Å². The molecule has 4 aromatic rings. The molecular weight excluding hydrogens is 570 g/mol. The van der Waals surface area contributed by atoms with Crippen LogP contribution in [0.4, 0.5) is 5.69 Å². The van der Waals surface area contributed by atoms with Gasteiger partial charge in [-0.2, -0.15) is 0 Å². The molecule has 0 spiro atoms. The normalized spacial score (nSPS) is 15.1. The molecule has 1 aliphatic heterocycles. The average molecular weight is 594 g/mol. The number of halogens is 1. The number of thiazole rings is 1. The van der Waals surface area contributed by atoms with Crippen LogP contribution >= 0.6 is 22.9 Å². The third kappa shape index (κ3) is 5.46. The van der Waals surface area contributed by atoms with Crippen LogP contribution in [0.5, 0.6) is 5.75 Å². The van der Waals surface area contributed by atoms with Gasteiger partial charge in [0.25, 0.3) is 11.2 Å². The molecule has 0 radical (unpaired) electrons. The Hall–Kier alpha value is -4.48. The number of nitro groups is 1. The third-order valence-electron chi connectivity index (χ3n) is 6.34. The first kappa shape index (κ1) is 28.1. The predicted molar refractivity (Wildman–Crippen MR) is 154 cm³/mol. The zero-order valence-corrected chi connectivity index (χ0v) is 24.0. The number of carbonyl (C=O) groups is 1. The molecule has 41 heavy (non-hydrogen) atoms. The minimum Gasteiger partial charge on any atom is -0.497 e. The van der Waals surface area contributed by atoms with E-state index in [-0.39, 0.29) is 34.2 Å². The van der Waals surface area contributed by atoms with Crippen LogP contribution in [-0.2, 0) is 9.53 Å². The van der Waals surface area contributed by atoms with Crippen LogP contribution in [0, 0.1) is 10.1 Å². The van der Waals surface area contributed by atoms with Crippen molar-refractivity contribution >= 4 is 40.7 Å². The molecule has 0 aliphatic carbocycles. The van der Waals surface area contributed by atoms with Crippen molar-refractivity contribution < 1.29 is 23.6 Å². The number of carbonyl (C=O) groups excluding carboxylic acids is 1. The number of allylic oxidation sites excluding steroid dienone is 1. The van der Waals surface area contributed by atoms with Crippen LogP contribution in [-0.4, -0.2) is 28.7 Å². The molecule has 12 heteroatoms. The molecule has 210 valence electrons. The Morgan fingerprint density at radius 3 is 2.59 bits per heavy atom. The summed E-state index contributed by atoms with van der Waals surface area (Å²) in [6, 6.07) is 13.8. The van der Waals surface area contributed by atoms with Crippen LogP contribution < -0.4 is 19.6 Å². The summed E-state index contributed by atoms with van der Waals surface area (Å²) in [4.78, 5) is 43.1. The highest BCUT2D eigenvalue weighted by Gasteiger charge is 2.33. The average Bonchev–Trinajstić information content (AvgIpc) is 3.51. The van der Waals surface area contributed by atoms with Crippen molar-refractivity contribution in [2.24, 2.45) is 4.99 Å². The molecule has 10 nitrogen and oxygen atoms in total. The Kier molecular flexibility index (Phi) is 7.65. The van der Waals surface area contributed by atoms with Crippen molar-refractivity contribution in [3.05, 3.63) is 112 Å². The minimum absolute atomic E-state index is 0.177. The molecule has 0 saturated carbocycles. The number of rotatable bonds is 7. The smallest absolute Gasteiger partial charge is 0.338 e. The Labute approximate surface area is 242 Å². The Bertz CT molecular complexity index is 1880. The summed E-state index contributed by atoms with van der Waals surface area (Å²) in [5, 5.41) is 12.2. The lowest BCUT2D eigenvalue weighted by Gasteiger charge is -2.25. The summed E-state index contributed by atoms with van der Waals surface area (Å²) >= 11 is 7.25. The van der Waals surface area contributed by atoms with E-state index in [1.165, 1.54) is 17.7 Å². The van der Waals surface area contributed by atoms with Gasteiger partial charge >= 0.3 is 5.97 Å². The lowest BCUT2D eigenvalue weighted by Crippen LogP contribution is -2.40. The molecular formula is C29H24ClN3O7S. The maximum absolute atomic E-state index is 13.8. The number of furan rings is 1. The standard InChI is InChI=1S/C29H24ClN3O7S/c1-15(2)39-28(35)25-16(3)31-29-32(26(25)17-5-7-18(30)8-6-17)27(34)24(41-29)14-20-10-12-23(40-20)21-11-9-19(38-4)13-22(21)33(36)37/h5-15,26H,1-4H3/b24-14+. The lowest BCUT2D eigenvalue weighted by molar-refractivity contribution is -0.384. The Morgan fingerprint density at radius 1 is 1.20 bits per heavy atom. The van der Waals surface area contributed by atoms with Gasteiger partial charge in [-0.3, -0.25) is 19.5 Å². The summed E-state index contributed by atoms with van der Waals surface area (Å²) in [7, 11) is 1.43. The minimum atomic E-state index is -0.786. The van der Waals surface area contributed by atoms with Gasteiger partial charge in [-0.05, 0) is 62.7 Å². The lowest BCUT2D eigenvalue weighted by atomic mass is 9.96. The van der Waals surface area contributed by atoms with E-state index in [1.807, 2.05) is 0 Å². The molecule has 1 unspecified atom stereocenters. The fourth-order valence-electron chi connectivity index (χ4n) is 4.52. The van der Waals surface area contributed by atoms with Gasteiger partial charge in [0.05, 0.1) is 51.6 Å². The zero-order chi connectivity index (χ0) is 29.4. The van der Waals surface area contributed by atoms with E-state index < -0.39 is 16.9 Å². The first-order chi connectivity index (χ1) is 19.6. The van der Waals surface area contributed by atoms with Crippen LogP contribution in [0.1, 0.15) is 38.1 Å². The highest BCUT2D eigenvalue weighted by molar-refractivity contribution is 7.07. The summed E-state index contributed by atoms with van der Waals surface area (Å²) in [5.74, 6) is 0.350. The van der Waals surface area contributed by atoms with Crippen LogP contribution in [0.15, 0.2) is 80.1 Å².